The van der Waals surface area contributed by atoms with Crippen molar-refractivity contribution in [2.45, 2.75) is 45.8 Å². The van der Waals surface area contributed by atoms with Gasteiger partial charge in [-0.1, -0.05) is 6.07 Å². The highest BCUT2D eigenvalue weighted by molar-refractivity contribution is 5.95. The first-order valence-electron chi connectivity index (χ1n) is 12.0. The molecule has 1 aromatic heterocycles. The number of carbonyl (C=O) groups is 1. The van der Waals surface area contributed by atoms with Crippen molar-refractivity contribution in [3.8, 4) is 17.0 Å². The summed E-state index contributed by atoms with van der Waals surface area (Å²) in [6, 6.07) is 12.8. The molecule has 1 aliphatic rings. The molecule has 4 rings (SSSR count). The first-order valence-corrected chi connectivity index (χ1v) is 12.0. The Hall–Kier alpha value is -3.52. The number of aromatic hydroxyl groups is 1. The van der Waals surface area contributed by atoms with Crippen molar-refractivity contribution in [3.63, 3.8) is 0 Å². The van der Waals surface area contributed by atoms with Crippen molar-refractivity contribution in [1.82, 2.24) is 19.8 Å². The van der Waals surface area contributed by atoms with Crippen LogP contribution in [0.5, 0.6) is 5.75 Å². The number of nitrogens with zero attached hydrogens (tertiary/aromatic N) is 4. The smallest absolute Gasteiger partial charge is 0.253 e. The maximum atomic E-state index is 13.1. The largest absolute Gasteiger partial charge is 0.508 e. The summed E-state index contributed by atoms with van der Waals surface area (Å²) in [6.07, 6.45) is 4.33. The van der Waals surface area contributed by atoms with Crippen LogP contribution in [0.3, 0.4) is 0 Å². The Bertz CT molecular complexity index is 1170. The monoisotopic (exact) mass is 493 g/mol. The molecule has 0 aliphatic carbocycles. The molecule has 0 bridgehead atoms. The van der Waals surface area contributed by atoms with Crippen LogP contribution < -0.4 is 5.32 Å². The number of aryl methyl sites for hydroxylation is 1. The number of anilines is 2. The predicted molar refractivity (Wildman–Crippen MR) is 142 cm³/mol. The minimum absolute atomic E-state index is 0.0206. The topological polar surface area (TPSA) is 81.6 Å². The number of hydrogen-bond acceptors (Lipinski definition) is 6. The van der Waals surface area contributed by atoms with E-state index < -0.39 is 5.67 Å². The molecule has 1 atom stereocenters. The summed E-state index contributed by atoms with van der Waals surface area (Å²) in [7, 11) is 3.96. The van der Waals surface area contributed by atoms with Gasteiger partial charge in [0.1, 0.15) is 17.2 Å². The van der Waals surface area contributed by atoms with Crippen molar-refractivity contribution in [3.05, 3.63) is 66.0 Å². The van der Waals surface area contributed by atoms with E-state index in [0.29, 0.717) is 17.1 Å². The number of likely N-dealkylation sites (N-methyl/N-ethyl adjacent to an activating group) is 2. The zero-order valence-electron chi connectivity index (χ0n) is 21.9. The third-order valence-corrected chi connectivity index (χ3v) is 5.78. The maximum Gasteiger partial charge on any atom is 0.253 e. The summed E-state index contributed by atoms with van der Waals surface area (Å²) >= 11 is 0. The summed E-state index contributed by atoms with van der Waals surface area (Å²) in [4.78, 5) is 26.1. The van der Waals surface area contributed by atoms with Gasteiger partial charge in [-0.2, -0.15) is 0 Å². The summed E-state index contributed by atoms with van der Waals surface area (Å²) in [5, 5.41) is 12.8. The standard InChI is InChI=1S/C24H27N5O2.C4H9F/c1-16-4-5-18(24(31)29(3)19-10-11-28(2)15-19)12-21(16)26-23-14-25-13-22(27-23)17-6-8-20(30)9-7-17;1-4(2,3)5/h4-9,12-14,19,30H,10-11,15H2,1-3H3,(H,26,27);1-3H3. The summed E-state index contributed by atoms with van der Waals surface area (Å²) < 4.78 is 11.7. The Morgan fingerprint density at radius 3 is 2.44 bits per heavy atom. The lowest BCUT2D eigenvalue weighted by Gasteiger charge is -2.25. The Kier molecular flexibility index (Phi) is 8.63. The number of benzene rings is 2. The van der Waals surface area contributed by atoms with E-state index in [2.05, 4.69) is 27.2 Å². The predicted octanol–water partition coefficient (Wildman–Crippen LogP) is 5.43. The van der Waals surface area contributed by atoms with Gasteiger partial charge in [0.25, 0.3) is 5.91 Å². The van der Waals surface area contributed by atoms with Gasteiger partial charge >= 0.3 is 0 Å². The van der Waals surface area contributed by atoms with Gasteiger partial charge in [-0.25, -0.2) is 9.37 Å². The van der Waals surface area contributed by atoms with Crippen LogP contribution >= 0.6 is 0 Å². The van der Waals surface area contributed by atoms with Gasteiger partial charge in [-0.15, -0.1) is 0 Å². The SMILES string of the molecule is CC(C)(C)F.Cc1ccc(C(=O)N(C)C2CCN(C)C2)cc1Nc1cncc(-c2ccc(O)cc2)n1. The van der Waals surface area contributed by atoms with Crippen molar-refractivity contribution < 1.29 is 14.3 Å². The van der Waals surface area contributed by atoms with Crippen LogP contribution in [0, 0.1) is 6.92 Å². The van der Waals surface area contributed by atoms with E-state index in [4.69, 9.17) is 0 Å². The average Bonchev–Trinajstić information content (AvgIpc) is 3.25. The molecular formula is C28H36FN5O2. The maximum absolute atomic E-state index is 13.1. The molecule has 2 heterocycles. The lowest BCUT2D eigenvalue weighted by molar-refractivity contribution is 0.0737. The Labute approximate surface area is 213 Å². The molecule has 2 aromatic carbocycles. The molecule has 2 N–H and O–H groups in total. The molecule has 0 spiro atoms. The van der Waals surface area contributed by atoms with Crippen LogP contribution in [0.2, 0.25) is 0 Å². The Morgan fingerprint density at radius 1 is 1.17 bits per heavy atom. The molecule has 1 amide bonds. The molecule has 0 radical (unpaired) electrons. The van der Waals surface area contributed by atoms with E-state index in [-0.39, 0.29) is 17.7 Å². The molecule has 1 saturated heterocycles. The lowest BCUT2D eigenvalue weighted by atomic mass is 10.1. The quantitative estimate of drug-likeness (QED) is 0.493. The highest BCUT2D eigenvalue weighted by Crippen LogP contribution is 2.25. The second-order valence-corrected chi connectivity index (χ2v) is 10.2. The van der Waals surface area contributed by atoms with E-state index >= 15 is 0 Å². The number of phenolic OH excluding ortho intramolecular Hbond substituents is 1. The zero-order chi connectivity index (χ0) is 26.5. The number of halogens is 1. The number of nitrogens with one attached hydrogen (secondary N) is 1. The van der Waals surface area contributed by atoms with Crippen LogP contribution in [-0.2, 0) is 0 Å². The minimum Gasteiger partial charge on any atom is -0.508 e. The number of carbonyl (C=O) groups excluding carboxylic acids is 1. The lowest BCUT2D eigenvalue weighted by Crippen LogP contribution is -2.38. The number of likely N-dealkylation sites (tertiary alicyclic amines) is 1. The van der Waals surface area contributed by atoms with Gasteiger partial charge in [0.2, 0.25) is 0 Å². The minimum atomic E-state index is -1.00. The molecule has 7 nitrogen and oxygen atoms in total. The number of phenols is 1. The Morgan fingerprint density at radius 2 is 1.83 bits per heavy atom. The second kappa shape index (κ2) is 11.5. The number of rotatable bonds is 5. The molecule has 0 saturated carbocycles. The van der Waals surface area contributed by atoms with Crippen LogP contribution in [0.1, 0.15) is 43.1 Å². The molecule has 8 heteroatoms. The molecule has 1 fully saturated rings. The van der Waals surface area contributed by atoms with Gasteiger partial charge in [-0.05, 0) is 89.7 Å². The van der Waals surface area contributed by atoms with Crippen molar-refractivity contribution in [2.24, 2.45) is 0 Å². The highest BCUT2D eigenvalue weighted by Gasteiger charge is 2.27. The highest BCUT2D eigenvalue weighted by atomic mass is 19.1. The fourth-order valence-corrected chi connectivity index (χ4v) is 3.82. The second-order valence-electron chi connectivity index (χ2n) is 10.2. The van der Waals surface area contributed by atoms with Crippen LogP contribution in [0.25, 0.3) is 11.3 Å². The van der Waals surface area contributed by atoms with Crippen molar-refractivity contribution >= 4 is 17.4 Å². The first-order chi connectivity index (χ1) is 16.9. The third-order valence-electron chi connectivity index (χ3n) is 5.78. The fraction of sp³-hybridized carbons (Fsp3) is 0.393. The van der Waals surface area contributed by atoms with Crippen LogP contribution in [0.15, 0.2) is 54.9 Å². The average molecular weight is 494 g/mol. The van der Waals surface area contributed by atoms with E-state index in [0.717, 1.165) is 36.3 Å². The molecular weight excluding hydrogens is 457 g/mol. The van der Waals surface area contributed by atoms with Gasteiger partial charge in [-0.3, -0.25) is 9.78 Å². The summed E-state index contributed by atoms with van der Waals surface area (Å²) in [5.41, 5.74) is 3.03. The summed E-state index contributed by atoms with van der Waals surface area (Å²) in [5.74, 6) is 0.814. The first kappa shape index (κ1) is 27.1. The van der Waals surface area contributed by atoms with Crippen molar-refractivity contribution in [1.29, 1.82) is 0 Å². The normalized spacial score (nSPS) is 15.7. The molecule has 192 valence electrons. The van der Waals surface area contributed by atoms with Gasteiger partial charge in [0.05, 0.1) is 18.1 Å². The zero-order valence-corrected chi connectivity index (χ0v) is 21.9. The van der Waals surface area contributed by atoms with Crippen LogP contribution in [0.4, 0.5) is 15.9 Å². The molecule has 3 aromatic rings. The van der Waals surface area contributed by atoms with E-state index in [1.807, 2.05) is 37.1 Å². The molecule has 1 unspecified atom stereocenters. The van der Waals surface area contributed by atoms with Gasteiger partial charge in [0, 0.05) is 36.4 Å². The third kappa shape index (κ3) is 7.75. The number of amides is 1. The molecule has 36 heavy (non-hydrogen) atoms. The number of aromatic nitrogens is 2. The Balaban J connectivity index is 0.000000658. The molecule has 1 aliphatic heterocycles. The van der Waals surface area contributed by atoms with E-state index in [9.17, 15) is 14.3 Å². The van der Waals surface area contributed by atoms with E-state index in [1.165, 1.54) is 20.8 Å². The van der Waals surface area contributed by atoms with Crippen LogP contribution in [-0.4, -0.2) is 69.7 Å². The van der Waals surface area contributed by atoms with Gasteiger partial charge in [0.15, 0.2) is 0 Å². The number of hydrogen-bond donors (Lipinski definition) is 2. The summed E-state index contributed by atoms with van der Waals surface area (Å²) in [6.45, 7) is 8.47. The fourth-order valence-electron chi connectivity index (χ4n) is 3.82. The van der Waals surface area contributed by atoms with Crippen molar-refractivity contribution in [2.75, 3.05) is 32.5 Å². The number of alkyl halides is 1. The van der Waals surface area contributed by atoms with Gasteiger partial charge < -0.3 is 20.2 Å². The van der Waals surface area contributed by atoms with E-state index in [1.54, 1.807) is 36.7 Å².